The van der Waals surface area contributed by atoms with Crippen LogP contribution in [0.25, 0.3) is 0 Å². The summed E-state index contributed by atoms with van der Waals surface area (Å²) in [4.78, 5) is 0. The molecule has 0 radical (unpaired) electrons. The Morgan fingerprint density at radius 1 is 1.50 bits per heavy atom. The number of ether oxygens (including phenoxy) is 1. The third-order valence-electron chi connectivity index (χ3n) is 1.55. The van der Waals surface area contributed by atoms with E-state index in [1.165, 1.54) is 6.21 Å². The zero-order valence-corrected chi connectivity index (χ0v) is 6.90. The van der Waals surface area contributed by atoms with Crippen molar-refractivity contribution in [3.63, 3.8) is 0 Å². The first-order valence-corrected chi connectivity index (χ1v) is 3.62. The molecule has 0 heterocycles. The van der Waals surface area contributed by atoms with Gasteiger partial charge in [0.2, 0.25) is 0 Å². The molecule has 1 aromatic carbocycles. The molecule has 1 rings (SSSR count). The minimum absolute atomic E-state index is 0.530. The molecule has 0 fully saturated rings. The predicted octanol–water partition coefficient (Wildman–Crippen LogP) is 1.64. The topological polar surface area (TPSA) is 41.8 Å². The van der Waals surface area contributed by atoms with E-state index in [-0.39, 0.29) is 0 Å². The van der Waals surface area contributed by atoms with Gasteiger partial charge in [-0.05, 0) is 5.56 Å². The zero-order chi connectivity index (χ0) is 8.81. The number of nitrogens with zero attached hydrogens (tertiary/aromatic N) is 1. The highest BCUT2D eigenvalue weighted by molar-refractivity contribution is 5.81. The van der Waals surface area contributed by atoms with Crippen LogP contribution in [0.1, 0.15) is 11.1 Å². The summed E-state index contributed by atoms with van der Waals surface area (Å²) in [6.07, 6.45) is 1.40. The van der Waals surface area contributed by atoms with Crippen molar-refractivity contribution in [1.29, 1.82) is 0 Å². The summed E-state index contributed by atoms with van der Waals surface area (Å²) >= 11 is 0. The number of oxime groups is 1. The quantitative estimate of drug-likeness (QED) is 0.420. The normalized spacial score (nSPS) is 10.8. The van der Waals surface area contributed by atoms with Crippen LogP contribution in [0.2, 0.25) is 0 Å². The minimum Gasteiger partial charge on any atom is -0.411 e. The molecule has 0 amide bonds. The summed E-state index contributed by atoms with van der Waals surface area (Å²) in [7, 11) is 1.63. The molecule has 1 N–H and O–H groups in total. The molecule has 1 aromatic rings. The molecule has 3 heteroatoms. The van der Waals surface area contributed by atoms with E-state index in [1.54, 1.807) is 7.11 Å². The van der Waals surface area contributed by atoms with Gasteiger partial charge in [0.05, 0.1) is 12.8 Å². The maximum Gasteiger partial charge on any atom is 0.0737 e. The molecule has 0 atom stereocenters. The Morgan fingerprint density at radius 2 is 2.25 bits per heavy atom. The Bertz CT molecular complexity index is 271. The summed E-state index contributed by atoms with van der Waals surface area (Å²) in [6.45, 7) is 0.530. The highest BCUT2D eigenvalue weighted by Crippen LogP contribution is 2.06. The van der Waals surface area contributed by atoms with Gasteiger partial charge in [0.15, 0.2) is 0 Å². The summed E-state index contributed by atoms with van der Waals surface area (Å²) in [5.74, 6) is 0. The van der Waals surface area contributed by atoms with Crippen molar-refractivity contribution in [1.82, 2.24) is 0 Å². The molecule has 12 heavy (non-hydrogen) atoms. The van der Waals surface area contributed by atoms with E-state index < -0.39 is 0 Å². The Kier molecular flexibility index (Phi) is 3.29. The molecular weight excluding hydrogens is 154 g/mol. The van der Waals surface area contributed by atoms with E-state index in [0.717, 1.165) is 11.1 Å². The van der Waals surface area contributed by atoms with Crippen LogP contribution in [0.4, 0.5) is 0 Å². The number of benzene rings is 1. The molecular formula is C9H11NO2. The smallest absolute Gasteiger partial charge is 0.0737 e. The first-order valence-electron chi connectivity index (χ1n) is 3.62. The van der Waals surface area contributed by atoms with Crippen molar-refractivity contribution in [3.05, 3.63) is 35.4 Å². The lowest BCUT2D eigenvalue weighted by molar-refractivity contribution is 0.185. The lowest BCUT2D eigenvalue weighted by atomic mass is 10.1. The van der Waals surface area contributed by atoms with E-state index >= 15 is 0 Å². The van der Waals surface area contributed by atoms with Crippen molar-refractivity contribution in [3.8, 4) is 0 Å². The molecule has 0 saturated heterocycles. The number of hydrogen-bond donors (Lipinski definition) is 1. The Balaban J connectivity index is 2.91. The van der Waals surface area contributed by atoms with Gasteiger partial charge in [-0.3, -0.25) is 0 Å². The summed E-state index contributed by atoms with van der Waals surface area (Å²) in [6, 6.07) is 7.60. The minimum atomic E-state index is 0.530. The molecule has 3 nitrogen and oxygen atoms in total. The first-order chi connectivity index (χ1) is 5.88. The van der Waals surface area contributed by atoms with Gasteiger partial charge in [0, 0.05) is 12.7 Å². The fraction of sp³-hybridized carbons (Fsp3) is 0.222. The summed E-state index contributed by atoms with van der Waals surface area (Å²) in [5.41, 5.74) is 1.89. The average molecular weight is 165 g/mol. The lowest BCUT2D eigenvalue weighted by Crippen LogP contribution is -1.93. The van der Waals surface area contributed by atoms with E-state index in [0.29, 0.717) is 6.61 Å². The number of hydrogen-bond acceptors (Lipinski definition) is 3. The van der Waals surface area contributed by atoms with Gasteiger partial charge in [0.1, 0.15) is 0 Å². The SMILES string of the molecule is COCc1ccccc1C=NO. The van der Waals surface area contributed by atoms with Gasteiger partial charge in [-0.1, -0.05) is 29.4 Å². The second-order valence-corrected chi connectivity index (χ2v) is 2.38. The Hall–Kier alpha value is -1.35. The van der Waals surface area contributed by atoms with E-state index in [9.17, 15) is 0 Å². The van der Waals surface area contributed by atoms with Gasteiger partial charge < -0.3 is 9.94 Å². The summed E-state index contributed by atoms with van der Waals surface area (Å²) in [5, 5.41) is 11.3. The fourth-order valence-electron chi connectivity index (χ4n) is 1.01. The molecule has 0 bridgehead atoms. The fourth-order valence-corrected chi connectivity index (χ4v) is 1.01. The molecule has 0 saturated carbocycles. The molecule has 0 aliphatic carbocycles. The van der Waals surface area contributed by atoms with Crippen LogP contribution in [-0.4, -0.2) is 18.5 Å². The Labute approximate surface area is 71.3 Å². The molecule has 64 valence electrons. The highest BCUT2D eigenvalue weighted by atomic mass is 16.5. The third-order valence-corrected chi connectivity index (χ3v) is 1.55. The molecule has 0 aliphatic rings. The average Bonchev–Trinajstić information content (AvgIpc) is 2.09. The largest absolute Gasteiger partial charge is 0.411 e. The van der Waals surface area contributed by atoms with Crippen molar-refractivity contribution in [2.75, 3.05) is 7.11 Å². The molecule has 0 spiro atoms. The lowest BCUT2D eigenvalue weighted by Gasteiger charge is -2.02. The van der Waals surface area contributed by atoms with Crippen molar-refractivity contribution < 1.29 is 9.94 Å². The second kappa shape index (κ2) is 4.51. The maximum atomic E-state index is 8.34. The second-order valence-electron chi connectivity index (χ2n) is 2.38. The van der Waals surface area contributed by atoms with Crippen LogP contribution in [0, 0.1) is 0 Å². The standard InChI is InChI=1S/C9H11NO2/c1-12-7-9-5-3-2-4-8(9)6-10-11/h2-6,11H,7H2,1H3. The van der Waals surface area contributed by atoms with E-state index in [4.69, 9.17) is 9.94 Å². The monoisotopic (exact) mass is 165 g/mol. The van der Waals surface area contributed by atoms with Crippen molar-refractivity contribution in [2.24, 2.45) is 5.16 Å². The Morgan fingerprint density at radius 3 is 2.92 bits per heavy atom. The van der Waals surface area contributed by atoms with Crippen molar-refractivity contribution >= 4 is 6.21 Å². The van der Waals surface area contributed by atoms with Crippen LogP contribution in [-0.2, 0) is 11.3 Å². The van der Waals surface area contributed by atoms with Gasteiger partial charge in [0.25, 0.3) is 0 Å². The van der Waals surface area contributed by atoms with Crippen molar-refractivity contribution in [2.45, 2.75) is 6.61 Å². The summed E-state index contributed by atoms with van der Waals surface area (Å²) < 4.78 is 4.97. The van der Waals surface area contributed by atoms with E-state index in [1.807, 2.05) is 24.3 Å². The molecule has 0 aromatic heterocycles. The highest BCUT2D eigenvalue weighted by Gasteiger charge is 1.97. The number of rotatable bonds is 3. The van der Waals surface area contributed by atoms with Gasteiger partial charge >= 0.3 is 0 Å². The van der Waals surface area contributed by atoms with Crippen LogP contribution in [0.3, 0.4) is 0 Å². The zero-order valence-electron chi connectivity index (χ0n) is 6.90. The van der Waals surface area contributed by atoms with E-state index in [2.05, 4.69) is 5.16 Å². The van der Waals surface area contributed by atoms with Crippen LogP contribution in [0.5, 0.6) is 0 Å². The number of methoxy groups -OCH3 is 1. The molecule has 0 aliphatic heterocycles. The van der Waals surface area contributed by atoms with Gasteiger partial charge in [-0.25, -0.2) is 0 Å². The third kappa shape index (κ3) is 2.07. The van der Waals surface area contributed by atoms with Gasteiger partial charge in [-0.2, -0.15) is 0 Å². The van der Waals surface area contributed by atoms with Crippen LogP contribution >= 0.6 is 0 Å². The maximum absolute atomic E-state index is 8.34. The molecule has 0 unspecified atom stereocenters. The predicted molar refractivity (Wildman–Crippen MR) is 46.5 cm³/mol. The van der Waals surface area contributed by atoms with Crippen LogP contribution in [0.15, 0.2) is 29.4 Å². The first kappa shape index (κ1) is 8.74. The van der Waals surface area contributed by atoms with Gasteiger partial charge in [-0.15, -0.1) is 0 Å². The van der Waals surface area contributed by atoms with Crippen LogP contribution < -0.4 is 0 Å².